The molecular formula is C23H19N3O3S. The van der Waals surface area contributed by atoms with Crippen molar-refractivity contribution in [1.82, 2.24) is 10.3 Å². The second-order valence-electron chi connectivity index (χ2n) is 6.57. The van der Waals surface area contributed by atoms with Crippen LogP contribution in [0.25, 0.3) is 22.6 Å². The number of thiocarbonyl (C=S) groups is 1. The molecule has 0 radical (unpaired) electrons. The molecule has 0 aliphatic carbocycles. The minimum absolute atomic E-state index is 0.184. The fraction of sp³-hybridized carbons (Fsp3) is 0.0870. The summed E-state index contributed by atoms with van der Waals surface area (Å²) >= 11 is 5.34. The van der Waals surface area contributed by atoms with E-state index in [1.165, 1.54) is 7.11 Å². The Morgan fingerprint density at radius 1 is 1.03 bits per heavy atom. The number of hydrogen-bond acceptors (Lipinski definition) is 5. The highest BCUT2D eigenvalue weighted by atomic mass is 32.1. The molecule has 0 atom stereocenters. The molecule has 0 unspecified atom stereocenters. The number of para-hydroxylation sites is 3. The van der Waals surface area contributed by atoms with Gasteiger partial charge in [-0.25, -0.2) is 4.98 Å². The first-order valence-corrected chi connectivity index (χ1v) is 9.68. The summed E-state index contributed by atoms with van der Waals surface area (Å²) < 4.78 is 11.1. The van der Waals surface area contributed by atoms with Crippen LogP contribution in [-0.2, 0) is 0 Å². The number of nitrogens with zero attached hydrogens (tertiary/aromatic N) is 1. The number of ether oxygens (including phenoxy) is 1. The maximum absolute atomic E-state index is 12.6. The highest BCUT2D eigenvalue weighted by Crippen LogP contribution is 2.30. The molecule has 7 heteroatoms. The molecule has 6 nitrogen and oxygen atoms in total. The van der Waals surface area contributed by atoms with Gasteiger partial charge >= 0.3 is 0 Å². The molecule has 150 valence electrons. The van der Waals surface area contributed by atoms with E-state index in [0.717, 1.165) is 27.9 Å². The molecule has 0 aliphatic heterocycles. The number of rotatable bonds is 4. The quantitative estimate of drug-likeness (QED) is 0.458. The number of oxazole rings is 1. The van der Waals surface area contributed by atoms with E-state index in [9.17, 15) is 4.79 Å². The van der Waals surface area contributed by atoms with Crippen molar-refractivity contribution < 1.29 is 13.9 Å². The van der Waals surface area contributed by atoms with Gasteiger partial charge in [0.25, 0.3) is 5.91 Å². The lowest BCUT2D eigenvalue weighted by Crippen LogP contribution is -2.34. The fourth-order valence-corrected chi connectivity index (χ4v) is 3.35. The minimum atomic E-state index is -0.349. The van der Waals surface area contributed by atoms with Crippen LogP contribution >= 0.6 is 12.2 Å². The molecule has 4 rings (SSSR count). The first-order chi connectivity index (χ1) is 14.6. The maximum atomic E-state index is 12.6. The van der Waals surface area contributed by atoms with Crippen molar-refractivity contribution in [2.75, 3.05) is 12.4 Å². The number of carbonyl (C=O) groups is 1. The number of amides is 1. The van der Waals surface area contributed by atoms with Gasteiger partial charge in [-0.15, -0.1) is 0 Å². The summed E-state index contributed by atoms with van der Waals surface area (Å²) in [5.74, 6) is 0.658. The molecule has 1 heterocycles. The topological polar surface area (TPSA) is 76.4 Å². The Bertz CT molecular complexity index is 1220. The van der Waals surface area contributed by atoms with E-state index < -0.39 is 0 Å². The third kappa shape index (κ3) is 3.88. The Kier molecular flexibility index (Phi) is 5.45. The molecule has 1 aromatic heterocycles. The molecule has 0 spiro atoms. The Hall–Kier alpha value is -3.71. The number of nitrogens with one attached hydrogen (secondary N) is 2. The second-order valence-corrected chi connectivity index (χ2v) is 6.98. The Morgan fingerprint density at radius 2 is 1.80 bits per heavy atom. The molecule has 0 aliphatic rings. The van der Waals surface area contributed by atoms with Gasteiger partial charge in [-0.3, -0.25) is 10.1 Å². The first kappa shape index (κ1) is 19.6. The van der Waals surface area contributed by atoms with Crippen LogP contribution in [0.5, 0.6) is 5.75 Å². The first-order valence-electron chi connectivity index (χ1n) is 9.27. The van der Waals surface area contributed by atoms with Crippen LogP contribution in [0.2, 0.25) is 0 Å². The molecule has 0 saturated heterocycles. The van der Waals surface area contributed by atoms with Gasteiger partial charge in [-0.2, -0.15) is 0 Å². The Labute approximate surface area is 178 Å². The molecule has 3 aromatic carbocycles. The zero-order chi connectivity index (χ0) is 21.1. The lowest BCUT2D eigenvalue weighted by atomic mass is 10.1. The smallest absolute Gasteiger partial charge is 0.261 e. The van der Waals surface area contributed by atoms with E-state index >= 15 is 0 Å². The van der Waals surface area contributed by atoms with Crippen LogP contribution < -0.4 is 15.4 Å². The van der Waals surface area contributed by atoms with Gasteiger partial charge in [0.05, 0.1) is 12.7 Å². The Morgan fingerprint density at radius 3 is 2.60 bits per heavy atom. The van der Waals surface area contributed by atoms with E-state index in [2.05, 4.69) is 15.6 Å². The van der Waals surface area contributed by atoms with Crippen LogP contribution in [0.4, 0.5) is 5.69 Å². The zero-order valence-electron chi connectivity index (χ0n) is 16.4. The second kappa shape index (κ2) is 8.34. The SMILES string of the molecule is COc1ccccc1C(=O)NC(=S)Nc1cccc(-c2nc3ccccc3o2)c1C. The van der Waals surface area contributed by atoms with Crippen molar-refractivity contribution in [2.24, 2.45) is 0 Å². The molecular weight excluding hydrogens is 398 g/mol. The van der Waals surface area contributed by atoms with Crippen LogP contribution in [0.15, 0.2) is 71.1 Å². The lowest BCUT2D eigenvalue weighted by Gasteiger charge is -2.14. The van der Waals surface area contributed by atoms with Gasteiger partial charge in [0, 0.05) is 11.3 Å². The van der Waals surface area contributed by atoms with Gasteiger partial charge in [-0.05, 0) is 61.1 Å². The molecule has 0 fully saturated rings. The molecule has 30 heavy (non-hydrogen) atoms. The Balaban J connectivity index is 1.54. The summed E-state index contributed by atoms with van der Waals surface area (Å²) in [6.45, 7) is 1.94. The third-order valence-corrected chi connectivity index (χ3v) is 4.89. The number of aromatic nitrogens is 1. The van der Waals surface area contributed by atoms with Gasteiger partial charge in [0.15, 0.2) is 10.7 Å². The van der Waals surface area contributed by atoms with Crippen molar-refractivity contribution in [3.05, 3.63) is 77.9 Å². The van der Waals surface area contributed by atoms with Crippen molar-refractivity contribution in [1.29, 1.82) is 0 Å². The predicted octanol–water partition coefficient (Wildman–Crippen LogP) is 4.94. The summed E-state index contributed by atoms with van der Waals surface area (Å²) in [4.78, 5) is 17.1. The summed E-state index contributed by atoms with van der Waals surface area (Å²) in [6, 6.07) is 20.3. The average molecular weight is 417 g/mol. The number of fused-ring (bicyclic) bond motifs is 1. The summed E-state index contributed by atoms with van der Waals surface area (Å²) in [5.41, 5.74) is 4.42. The number of anilines is 1. The molecule has 4 aromatic rings. The van der Waals surface area contributed by atoms with Crippen LogP contribution in [0.3, 0.4) is 0 Å². The molecule has 0 bridgehead atoms. The monoisotopic (exact) mass is 417 g/mol. The van der Waals surface area contributed by atoms with E-state index in [0.29, 0.717) is 17.2 Å². The lowest BCUT2D eigenvalue weighted by molar-refractivity contribution is 0.0975. The van der Waals surface area contributed by atoms with Crippen molar-refractivity contribution in [3.8, 4) is 17.2 Å². The predicted molar refractivity (Wildman–Crippen MR) is 121 cm³/mol. The number of benzene rings is 3. The minimum Gasteiger partial charge on any atom is -0.496 e. The van der Waals surface area contributed by atoms with Gasteiger partial charge in [-0.1, -0.05) is 30.3 Å². The molecule has 0 saturated carbocycles. The standard InChI is InChI=1S/C23H19N3O3S/c1-14-15(22-24-18-10-4-6-13-20(18)29-22)9-7-11-17(14)25-23(30)26-21(27)16-8-3-5-12-19(16)28-2/h3-13H,1-2H3,(H2,25,26,27,30). The van der Waals surface area contributed by atoms with E-state index in [-0.39, 0.29) is 11.0 Å². The van der Waals surface area contributed by atoms with Gasteiger partial charge < -0.3 is 14.5 Å². The normalized spacial score (nSPS) is 10.6. The van der Waals surface area contributed by atoms with Crippen molar-refractivity contribution in [3.63, 3.8) is 0 Å². The van der Waals surface area contributed by atoms with Crippen LogP contribution in [-0.4, -0.2) is 23.1 Å². The fourth-order valence-electron chi connectivity index (χ4n) is 3.15. The average Bonchev–Trinajstić information content (AvgIpc) is 3.19. The van der Waals surface area contributed by atoms with Crippen LogP contribution in [0.1, 0.15) is 15.9 Å². The number of carbonyl (C=O) groups excluding carboxylic acids is 1. The van der Waals surface area contributed by atoms with Crippen molar-refractivity contribution in [2.45, 2.75) is 6.92 Å². The van der Waals surface area contributed by atoms with Crippen molar-refractivity contribution >= 4 is 40.0 Å². The number of methoxy groups -OCH3 is 1. The highest BCUT2D eigenvalue weighted by Gasteiger charge is 2.15. The summed E-state index contributed by atoms with van der Waals surface area (Å²) in [7, 11) is 1.52. The van der Waals surface area contributed by atoms with E-state index in [1.807, 2.05) is 49.4 Å². The van der Waals surface area contributed by atoms with Gasteiger partial charge in [0.1, 0.15) is 11.3 Å². The maximum Gasteiger partial charge on any atom is 0.261 e. The number of hydrogen-bond donors (Lipinski definition) is 2. The largest absolute Gasteiger partial charge is 0.496 e. The highest BCUT2D eigenvalue weighted by molar-refractivity contribution is 7.80. The zero-order valence-corrected chi connectivity index (χ0v) is 17.2. The third-order valence-electron chi connectivity index (χ3n) is 4.68. The molecule has 2 N–H and O–H groups in total. The van der Waals surface area contributed by atoms with Gasteiger partial charge in [0.2, 0.25) is 5.89 Å². The van der Waals surface area contributed by atoms with Crippen LogP contribution in [0, 0.1) is 6.92 Å². The van der Waals surface area contributed by atoms with E-state index in [1.54, 1.807) is 24.3 Å². The summed E-state index contributed by atoms with van der Waals surface area (Å²) in [5, 5.41) is 5.96. The summed E-state index contributed by atoms with van der Waals surface area (Å²) in [6.07, 6.45) is 0. The van der Waals surface area contributed by atoms with E-state index in [4.69, 9.17) is 21.4 Å². The molecule has 1 amide bonds.